The lowest BCUT2D eigenvalue weighted by Crippen LogP contribution is -2.16. The number of anilines is 1. The number of ether oxygens (including phenoxy) is 2. The fourth-order valence-corrected chi connectivity index (χ4v) is 4.30. The van der Waals surface area contributed by atoms with E-state index in [1.807, 2.05) is 6.92 Å². The average Bonchev–Trinajstić information content (AvgIpc) is 3.23. The standard InChI is InChI=1S/C19H19BrN4O5S/c1-4-9-29-18(26)11-10(3)14(19(27)28-5-2)30-17(11)22-16(25)13-12(20)15-21-7-6-8-24(15)23-13/h6-8H,4-5,9H2,1-3H3,(H,22,25). The molecule has 1 N–H and O–H groups in total. The number of rotatable bonds is 7. The number of amides is 1. The van der Waals surface area contributed by atoms with E-state index in [2.05, 4.69) is 31.3 Å². The van der Waals surface area contributed by atoms with Crippen LogP contribution in [0.3, 0.4) is 0 Å². The summed E-state index contributed by atoms with van der Waals surface area (Å²) in [7, 11) is 0. The molecule has 0 aliphatic heterocycles. The number of carbonyl (C=O) groups is 3. The summed E-state index contributed by atoms with van der Waals surface area (Å²) in [6.45, 7) is 5.59. The number of esters is 2. The second kappa shape index (κ2) is 9.35. The minimum absolute atomic E-state index is 0.0883. The SMILES string of the molecule is CCCOC(=O)c1c(NC(=O)c2nn3cccnc3c2Br)sc(C(=O)OCC)c1C. The highest BCUT2D eigenvalue weighted by Crippen LogP contribution is 2.35. The Hall–Kier alpha value is -2.79. The van der Waals surface area contributed by atoms with Crippen LogP contribution in [-0.4, -0.2) is 45.7 Å². The first-order valence-electron chi connectivity index (χ1n) is 9.16. The second-order valence-corrected chi connectivity index (χ2v) is 7.93. The third-order valence-corrected chi connectivity index (χ3v) is 5.95. The summed E-state index contributed by atoms with van der Waals surface area (Å²) in [5.74, 6) is -1.75. The van der Waals surface area contributed by atoms with Crippen LogP contribution in [-0.2, 0) is 9.47 Å². The molecular formula is C19H19BrN4O5S. The fraction of sp³-hybridized carbons (Fsp3) is 0.316. The first kappa shape index (κ1) is 21.9. The minimum atomic E-state index is -0.618. The van der Waals surface area contributed by atoms with E-state index >= 15 is 0 Å². The van der Waals surface area contributed by atoms with E-state index in [0.717, 1.165) is 11.3 Å². The highest BCUT2D eigenvalue weighted by atomic mass is 79.9. The van der Waals surface area contributed by atoms with Crippen molar-refractivity contribution in [1.82, 2.24) is 14.6 Å². The molecule has 11 heteroatoms. The maximum absolute atomic E-state index is 12.9. The van der Waals surface area contributed by atoms with Gasteiger partial charge in [0.2, 0.25) is 0 Å². The van der Waals surface area contributed by atoms with Gasteiger partial charge < -0.3 is 14.8 Å². The van der Waals surface area contributed by atoms with Crippen molar-refractivity contribution in [1.29, 1.82) is 0 Å². The van der Waals surface area contributed by atoms with Crippen LogP contribution in [0.4, 0.5) is 5.00 Å². The molecule has 1 amide bonds. The highest BCUT2D eigenvalue weighted by Gasteiger charge is 2.29. The Morgan fingerprint density at radius 3 is 2.67 bits per heavy atom. The molecule has 0 unspecified atom stereocenters. The highest BCUT2D eigenvalue weighted by molar-refractivity contribution is 9.10. The Labute approximate surface area is 184 Å². The summed E-state index contributed by atoms with van der Waals surface area (Å²) in [5, 5.41) is 7.09. The zero-order chi connectivity index (χ0) is 21.8. The van der Waals surface area contributed by atoms with Crippen molar-refractivity contribution in [3.63, 3.8) is 0 Å². The van der Waals surface area contributed by atoms with Crippen LogP contribution in [0.5, 0.6) is 0 Å². The number of hydrogen-bond acceptors (Lipinski definition) is 8. The first-order chi connectivity index (χ1) is 14.4. The van der Waals surface area contributed by atoms with Gasteiger partial charge in [-0.25, -0.2) is 19.1 Å². The van der Waals surface area contributed by atoms with E-state index in [1.165, 1.54) is 4.52 Å². The summed E-state index contributed by atoms with van der Waals surface area (Å²) in [5.41, 5.74) is 1.08. The summed E-state index contributed by atoms with van der Waals surface area (Å²) in [6.07, 6.45) is 3.88. The van der Waals surface area contributed by atoms with Crippen molar-refractivity contribution < 1.29 is 23.9 Å². The van der Waals surface area contributed by atoms with Gasteiger partial charge >= 0.3 is 11.9 Å². The lowest BCUT2D eigenvalue weighted by Gasteiger charge is -2.07. The summed E-state index contributed by atoms with van der Waals surface area (Å²) < 4.78 is 12.2. The molecule has 3 aromatic heterocycles. The van der Waals surface area contributed by atoms with Crippen molar-refractivity contribution in [2.75, 3.05) is 18.5 Å². The van der Waals surface area contributed by atoms with Crippen molar-refractivity contribution in [2.24, 2.45) is 0 Å². The molecule has 0 aliphatic carbocycles. The van der Waals surface area contributed by atoms with Crippen molar-refractivity contribution in [3.05, 3.63) is 44.6 Å². The lowest BCUT2D eigenvalue weighted by atomic mass is 10.1. The molecule has 3 aromatic rings. The van der Waals surface area contributed by atoms with E-state index < -0.39 is 17.8 Å². The molecule has 3 rings (SSSR count). The van der Waals surface area contributed by atoms with Gasteiger partial charge in [-0.2, -0.15) is 5.10 Å². The van der Waals surface area contributed by atoms with E-state index in [4.69, 9.17) is 9.47 Å². The monoisotopic (exact) mass is 494 g/mol. The fourth-order valence-electron chi connectivity index (χ4n) is 2.67. The predicted octanol–water partition coefficient (Wildman–Crippen LogP) is 3.86. The molecule has 0 saturated heterocycles. The molecule has 0 saturated carbocycles. The van der Waals surface area contributed by atoms with Gasteiger partial charge in [0.25, 0.3) is 5.91 Å². The molecule has 0 atom stereocenters. The van der Waals surface area contributed by atoms with Crippen LogP contribution in [0.15, 0.2) is 22.9 Å². The number of aromatic nitrogens is 3. The molecular weight excluding hydrogens is 476 g/mol. The van der Waals surface area contributed by atoms with Crippen molar-refractivity contribution >= 4 is 55.8 Å². The van der Waals surface area contributed by atoms with Crippen LogP contribution in [0, 0.1) is 6.92 Å². The van der Waals surface area contributed by atoms with Gasteiger partial charge in [0.15, 0.2) is 11.3 Å². The Balaban J connectivity index is 1.99. The van der Waals surface area contributed by atoms with Gasteiger partial charge in [-0.3, -0.25) is 4.79 Å². The minimum Gasteiger partial charge on any atom is -0.462 e. The van der Waals surface area contributed by atoms with Gasteiger partial charge in [0.1, 0.15) is 9.88 Å². The van der Waals surface area contributed by atoms with E-state index in [9.17, 15) is 14.4 Å². The molecule has 30 heavy (non-hydrogen) atoms. The molecule has 0 aromatic carbocycles. The Kier molecular flexibility index (Phi) is 6.83. The Morgan fingerprint density at radius 2 is 2.00 bits per heavy atom. The quantitative estimate of drug-likeness (QED) is 0.496. The smallest absolute Gasteiger partial charge is 0.348 e. The maximum Gasteiger partial charge on any atom is 0.348 e. The number of hydrogen-bond donors (Lipinski definition) is 1. The summed E-state index contributed by atoms with van der Waals surface area (Å²) in [4.78, 5) is 42.2. The van der Waals surface area contributed by atoms with Gasteiger partial charge in [-0.15, -0.1) is 11.3 Å². The van der Waals surface area contributed by atoms with Crippen LogP contribution in [0.25, 0.3) is 5.65 Å². The van der Waals surface area contributed by atoms with Crippen molar-refractivity contribution in [2.45, 2.75) is 27.2 Å². The topological polar surface area (TPSA) is 112 Å². The summed E-state index contributed by atoms with van der Waals surface area (Å²) >= 11 is 4.30. The number of carbonyl (C=O) groups excluding carboxylic acids is 3. The number of fused-ring (bicyclic) bond motifs is 1. The Bertz CT molecular complexity index is 1120. The number of halogens is 1. The molecule has 0 spiro atoms. The van der Waals surface area contributed by atoms with Crippen LogP contribution >= 0.6 is 27.3 Å². The van der Waals surface area contributed by atoms with E-state index in [0.29, 0.717) is 22.1 Å². The molecule has 0 radical (unpaired) electrons. The molecule has 0 aliphatic rings. The molecule has 158 valence electrons. The Morgan fingerprint density at radius 1 is 1.23 bits per heavy atom. The number of thiophene rings is 1. The maximum atomic E-state index is 12.9. The van der Waals surface area contributed by atoms with E-state index in [1.54, 1.807) is 32.3 Å². The predicted molar refractivity (Wildman–Crippen MR) is 114 cm³/mol. The van der Waals surface area contributed by atoms with Crippen LogP contribution in [0.1, 0.15) is 56.3 Å². The second-order valence-electron chi connectivity index (χ2n) is 6.12. The van der Waals surface area contributed by atoms with Gasteiger partial charge in [0.05, 0.1) is 23.2 Å². The lowest BCUT2D eigenvalue weighted by molar-refractivity contribution is 0.0506. The average molecular weight is 495 g/mol. The molecule has 0 fully saturated rings. The van der Waals surface area contributed by atoms with Gasteiger partial charge in [-0.05, 0) is 47.8 Å². The van der Waals surface area contributed by atoms with Gasteiger partial charge in [-0.1, -0.05) is 6.92 Å². The summed E-state index contributed by atoms with van der Waals surface area (Å²) in [6, 6.07) is 1.68. The zero-order valence-corrected chi connectivity index (χ0v) is 18.9. The first-order valence-corrected chi connectivity index (χ1v) is 10.8. The third-order valence-electron chi connectivity index (χ3n) is 4.03. The van der Waals surface area contributed by atoms with E-state index in [-0.39, 0.29) is 34.3 Å². The van der Waals surface area contributed by atoms with Crippen LogP contribution in [0.2, 0.25) is 0 Å². The number of nitrogens with one attached hydrogen (secondary N) is 1. The van der Waals surface area contributed by atoms with Gasteiger partial charge in [0, 0.05) is 12.4 Å². The number of nitrogens with zero attached hydrogens (tertiary/aromatic N) is 3. The molecule has 3 heterocycles. The normalized spacial score (nSPS) is 10.8. The van der Waals surface area contributed by atoms with Crippen LogP contribution < -0.4 is 5.32 Å². The molecule has 0 bridgehead atoms. The zero-order valence-electron chi connectivity index (χ0n) is 16.5. The van der Waals surface area contributed by atoms with Crippen molar-refractivity contribution in [3.8, 4) is 0 Å². The third kappa shape index (κ3) is 4.21. The molecule has 9 nitrogen and oxygen atoms in total. The largest absolute Gasteiger partial charge is 0.462 e.